The molecule has 4 nitrogen and oxygen atoms in total. The zero-order valence-corrected chi connectivity index (χ0v) is 19.2. The number of halogens is 1. The second kappa shape index (κ2) is 9.98. The molecule has 2 N–H and O–H groups in total. The molecule has 0 saturated carbocycles. The molecule has 0 fully saturated rings. The maximum Gasteiger partial charge on any atom is 0.337 e. The van der Waals surface area contributed by atoms with Crippen LogP contribution in [0.3, 0.4) is 0 Å². The number of benzene rings is 3. The number of carbonyl (C=O) groups is 1. The van der Waals surface area contributed by atoms with Gasteiger partial charge in [0.05, 0.1) is 18.4 Å². The topological polar surface area (TPSA) is 50.4 Å². The molecule has 7 heteroatoms. The first-order valence-corrected chi connectivity index (χ1v) is 10.8. The summed E-state index contributed by atoms with van der Waals surface area (Å²) in [5, 5.41) is 7.37. The van der Waals surface area contributed by atoms with E-state index in [0.29, 0.717) is 21.4 Å². The molecule has 0 unspecified atom stereocenters. The van der Waals surface area contributed by atoms with Gasteiger partial charge in [-0.05, 0) is 74.1 Å². The van der Waals surface area contributed by atoms with Gasteiger partial charge in [0, 0.05) is 20.5 Å². The minimum atomic E-state index is -0.408. The molecule has 0 aliphatic rings. The monoisotopic (exact) mass is 456 g/mol. The molecule has 0 spiro atoms. The zero-order valence-electron chi connectivity index (χ0n) is 16.8. The molecule has 3 aromatic rings. The molecule has 30 heavy (non-hydrogen) atoms. The predicted molar refractivity (Wildman–Crippen MR) is 129 cm³/mol. The van der Waals surface area contributed by atoms with Gasteiger partial charge in [-0.1, -0.05) is 47.1 Å². The Labute approximate surface area is 191 Å². The van der Waals surface area contributed by atoms with E-state index in [2.05, 4.69) is 34.9 Å². The third-order valence-corrected chi connectivity index (χ3v) is 6.02. The number of nitrogens with one attached hydrogen (secondary N) is 2. The van der Waals surface area contributed by atoms with Crippen LogP contribution in [0.2, 0.25) is 5.02 Å². The Kier molecular flexibility index (Phi) is 7.37. The van der Waals surface area contributed by atoms with E-state index < -0.39 is 5.97 Å². The van der Waals surface area contributed by atoms with Gasteiger partial charge in [-0.15, -0.1) is 0 Å². The molecule has 0 aliphatic carbocycles. The molecule has 0 amide bonds. The van der Waals surface area contributed by atoms with Crippen molar-refractivity contribution >= 4 is 58.0 Å². The highest BCUT2D eigenvalue weighted by atomic mass is 35.5. The fraction of sp³-hybridized carbons (Fsp3) is 0.130. The van der Waals surface area contributed by atoms with E-state index in [1.54, 1.807) is 23.9 Å². The lowest BCUT2D eigenvalue weighted by Crippen LogP contribution is -2.20. The summed E-state index contributed by atoms with van der Waals surface area (Å²) in [5.41, 5.74) is 4.11. The average Bonchev–Trinajstić information content (AvgIpc) is 2.73. The van der Waals surface area contributed by atoms with Crippen molar-refractivity contribution in [3.05, 3.63) is 82.4 Å². The summed E-state index contributed by atoms with van der Waals surface area (Å²) in [6, 6.07) is 19.2. The summed E-state index contributed by atoms with van der Waals surface area (Å²) in [6.45, 7) is 3.99. The van der Waals surface area contributed by atoms with Gasteiger partial charge < -0.3 is 15.4 Å². The quantitative estimate of drug-likeness (QED) is 0.329. The van der Waals surface area contributed by atoms with Crippen molar-refractivity contribution in [2.24, 2.45) is 0 Å². The number of rotatable bonds is 5. The van der Waals surface area contributed by atoms with Crippen LogP contribution in [0.25, 0.3) is 0 Å². The third kappa shape index (κ3) is 5.75. The van der Waals surface area contributed by atoms with E-state index in [-0.39, 0.29) is 0 Å². The van der Waals surface area contributed by atoms with E-state index in [4.69, 9.17) is 28.6 Å². The van der Waals surface area contributed by atoms with Crippen molar-refractivity contribution in [2.45, 2.75) is 23.6 Å². The number of methoxy groups -OCH3 is 1. The zero-order chi connectivity index (χ0) is 21.7. The number of hydrogen-bond donors (Lipinski definition) is 2. The van der Waals surface area contributed by atoms with Crippen LogP contribution in [0.5, 0.6) is 0 Å². The van der Waals surface area contributed by atoms with Gasteiger partial charge in [-0.3, -0.25) is 0 Å². The van der Waals surface area contributed by atoms with Crippen LogP contribution in [0.15, 0.2) is 70.5 Å². The smallest absolute Gasteiger partial charge is 0.337 e. The molecule has 0 heterocycles. The summed E-state index contributed by atoms with van der Waals surface area (Å²) >= 11 is 13.3. The lowest BCUT2D eigenvalue weighted by molar-refractivity contribution is 0.0600. The number of ether oxygens (including phenoxy) is 1. The first kappa shape index (κ1) is 22.2. The molecule has 3 rings (SSSR count). The fourth-order valence-electron chi connectivity index (χ4n) is 2.65. The molecular weight excluding hydrogens is 436 g/mol. The number of carbonyl (C=O) groups excluding carboxylic acids is 1. The third-order valence-electron chi connectivity index (χ3n) is 4.33. The average molecular weight is 457 g/mol. The van der Waals surface area contributed by atoms with Gasteiger partial charge in [-0.2, -0.15) is 0 Å². The van der Waals surface area contributed by atoms with E-state index >= 15 is 0 Å². The van der Waals surface area contributed by atoms with Gasteiger partial charge in [0.1, 0.15) is 0 Å². The Morgan fingerprint density at radius 2 is 1.73 bits per heavy atom. The highest BCUT2D eigenvalue weighted by Gasteiger charge is 2.13. The van der Waals surface area contributed by atoms with Gasteiger partial charge in [0.2, 0.25) is 0 Å². The van der Waals surface area contributed by atoms with Gasteiger partial charge in [-0.25, -0.2) is 4.79 Å². The first-order valence-electron chi connectivity index (χ1n) is 9.17. The molecule has 0 radical (unpaired) electrons. The summed E-state index contributed by atoms with van der Waals surface area (Å²) < 4.78 is 4.85. The van der Waals surface area contributed by atoms with Crippen LogP contribution in [0.4, 0.5) is 11.4 Å². The molecule has 154 valence electrons. The lowest BCUT2D eigenvalue weighted by Gasteiger charge is -2.15. The Hall–Kier alpha value is -2.54. The van der Waals surface area contributed by atoms with Crippen molar-refractivity contribution in [3.8, 4) is 0 Å². The molecule has 0 atom stereocenters. The number of thiocarbonyl (C=S) groups is 1. The Bertz CT molecular complexity index is 1090. The number of anilines is 2. The highest BCUT2D eigenvalue weighted by molar-refractivity contribution is 7.99. The van der Waals surface area contributed by atoms with Crippen molar-refractivity contribution < 1.29 is 9.53 Å². The molecule has 0 saturated heterocycles. The summed E-state index contributed by atoms with van der Waals surface area (Å²) in [6.07, 6.45) is 0. The van der Waals surface area contributed by atoms with Crippen LogP contribution in [-0.2, 0) is 4.74 Å². The maximum atomic E-state index is 12.0. The van der Waals surface area contributed by atoms with Crippen molar-refractivity contribution in [1.82, 2.24) is 0 Å². The minimum Gasteiger partial charge on any atom is -0.465 e. The van der Waals surface area contributed by atoms with E-state index in [1.165, 1.54) is 12.7 Å². The van der Waals surface area contributed by atoms with Crippen molar-refractivity contribution in [1.29, 1.82) is 0 Å². The van der Waals surface area contributed by atoms with Gasteiger partial charge in [0.15, 0.2) is 5.11 Å². The maximum absolute atomic E-state index is 12.0. The van der Waals surface area contributed by atoms with Gasteiger partial charge >= 0.3 is 5.97 Å². The van der Waals surface area contributed by atoms with Crippen molar-refractivity contribution in [2.75, 3.05) is 17.7 Å². The number of esters is 1. The van der Waals surface area contributed by atoms with Crippen LogP contribution in [-0.4, -0.2) is 18.2 Å². The number of aryl methyl sites for hydroxylation is 2. The summed E-state index contributed by atoms with van der Waals surface area (Å²) in [5.74, 6) is -0.408. The van der Waals surface area contributed by atoms with Crippen molar-refractivity contribution in [3.63, 3.8) is 0 Å². The number of hydrogen-bond acceptors (Lipinski definition) is 4. The Balaban J connectivity index is 1.85. The van der Waals surface area contributed by atoms with E-state index in [9.17, 15) is 4.79 Å². The Morgan fingerprint density at radius 3 is 2.40 bits per heavy atom. The van der Waals surface area contributed by atoms with E-state index in [1.807, 2.05) is 38.1 Å². The predicted octanol–water partition coefficient (Wildman–Crippen LogP) is 6.70. The van der Waals surface area contributed by atoms with Crippen LogP contribution < -0.4 is 10.6 Å². The standard InChI is InChI=1S/C23H21ClN2O2S2/c1-14-4-9-18(10-5-14)30-21-11-7-16(22(27)28-3)12-20(21)26-23(29)25-17-8-6-15(2)19(24)13-17/h4-13H,1-3H3,(H2,25,26,29). The molecule has 0 aromatic heterocycles. The molecule has 3 aromatic carbocycles. The molecular formula is C23H21ClN2O2S2. The Morgan fingerprint density at radius 1 is 1.00 bits per heavy atom. The normalized spacial score (nSPS) is 10.4. The minimum absolute atomic E-state index is 0.391. The SMILES string of the molecule is COC(=O)c1ccc(Sc2ccc(C)cc2)c(NC(=S)Nc2ccc(C)c(Cl)c2)c1. The fourth-order valence-corrected chi connectivity index (χ4v) is 3.94. The van der Waals surface area contributed by atoms with Crippen LogP contribution >= 0.6 is 35.6 Å². The molecule has 0 bridgehead atoms. The molecule has 0 aliphatic heterocycles. The summed E-state index contributed by atoms with van der Waals surface area (Å²) in [7, 11) is 1.36. The van der Waals surface area contributed by atoms with Crippen LogP contribution in [0.1, 0.15) is 21.5 Å². The largest absolute Gasteiger partial charge is 0.465 e. The first-order chi connectivity index (χ1) is 14.4. The lowest BCUT2D eigenvalue weighted by atomic mass is 10.2. The van der Waals surface area contributed by atoms with Gasteiger partial charge in [0.25, 0.3) is 0 Å². The second-order valence-electron chi connectivity index (χ2n) is 6.66. The summed E-state index contributed by atoms with van der Waals surface area (Å²) in [4.78, 5) is 14.0. The second-order valence-corrected chi connectivity index (χ2v) is 8.59. The van der Waals surface area contributed by atoms with Crippen LogP contribution in [0, 0.1) is 13.8 Å². The highest BCUT2D eigenvalue weighted by Crippen LogP contribution is 2.34. The van der Waals surface area contributed by atoms with E-state index in [0.717, 1.165) is 21.0 Å².